The lowest BCUT2D eigenvalue weighted by Gasteiger charge is -2.32. The SMILES string of the molecule is CC1CCC(N)(c2nc(-c3cccc(Br)c3)no2)CC1. The molecule has 20 heavy (non-hydrogen) atoms. The number of hydrogen-bond acceptors (Lipinski definition) is 4. The third kappa shape index (κ3) is 2.65. The van der Waals surface area contributed by atoms with E-state index in [1.807, 2.05) is 24.3 Å². The van der Waals surface area contributed by atoms with Crippen molar-refractivity contribution < 1.29 is 4.52 Å². The van der Waals surface area contributed by atoms with E-state index in [0.29, 0.717) is 11.7 Å². The van der Waals surface area contributed by atoms with Gasteiger partial charge in [-0.3, -0.25) is 0 Å². The number of nitrogens with zero attached hydrogens (tertiary/aromatic N) is 2. The fraction of sp³-hybridized carbons (Fsp3) is 0.467. The fourth-order valence-corrected chi connectivity index (χ4v) is 3.06. The minimum Gasteiger partial charge on any atom is -0.337 e. The summed E-state index contributed by atoms with van der Waals surface area (Å²) in [4.78, 5) is 4.52. The fourth-order valence-electron chi connectivity index (χ4n) is 2.66. The first-order chi connectivity index (χ1) is 9.57. The molecule has 0 aliphatic heterocycles. The highest BCUT2D eigenvalue weighted by atomic mass is 79.9. The normalized spacial score (nSPS) is 26.6. The summed E-state index contributed by atoms with van der Waals surface area (Å²) in [5, 5.41) is 4.08. The molecule has 5 heteroatoms. The number of halogens is 1. The Morgan fingerprint density at radius 3 is 2.80 bits per heavy atom. The second-order valence-corrected chi connectivity index (χ2v) is 6.69. The van der Waals surface area contributed by atoms with E-state index >= 15 is 0 Å². The van der Waals surface area contributed by atoms with E-state index in [4.69, 9.17) is 10.3 Å². The summed E-state index contributed by atoms with van der Waals surface area (Å²) in [6.07, 6.45) is 4.05. The van der Waals surface area contributed by atoms with Gasteiger partial charge in [-0.1, -0.05) is 40.1 Å². The van der Waals surface area contributed by atoms with Crippen LogP contribution in [-0.2, 0) is 5.54 Å². The molecule has 1 heterocycles. The summed E-state index contributed by atoms with van der Waals surface area (Å²) in [6, 6.07) is 7.86. The zero-order valence-electron chi connectivity index (χ0n) is 11.5. The molecule has 1 saturated carbocycles. The average Bonchev–Trinajstić information content (AvgIpc) is 2.93. The van der Waals surface area contributed by atoms with E-state index in [9.17, 15) is 0 Å². The van der Waals surface area contributed by atoms with E-state index in [0.717, 1.165) is 41.6 Å². The predicted molar refractivity (Wildman–Crippen MR) is 80.9 cm³/mol. The van der Waals surface area contributed by atoms with Crippen molar-refractivity contribution >= 4 is 15.9 Å². The van der Waals surface area contributed by atoms with Crippen molar-refractivity contribution in [2.24, 2.45) is 11.7 Å². The molecule has 2 aromatic rings. The number of hydrogen-bond donors (Lipinski definition) is 1. The smallest absolute Gasteiger partial charge is 0.247 e. The molecule has 0 amide bonds. The largest absolute Gasteiger partial charge is 0.337 e. The minimum atomic E-state index is -0.455. The van der Waals surface area contributed by atoms with Crippen LogP contribution in [0.4, 0.5) is 0 Å². The van der Waals surface area contributed by atoms with Gasteiger partial charge in [0.2, 0.25) is 11.7 Å². The lowest BCUT2D eigenvalue weighted by Crippen LogP contribution is -2.40. The second kappa shape index (κ2) is 5.30. The van der Waals surface area contributed by atoms with Crippen molar-refractivity contribution in [3.8, 4) is 11.4 Å². The highest BCUT2D eigenvalue weighted by Crippen LogP contribution is 2.37. The highest BCUT2D eigenvalue weighted by Gasteiger charge is 2.37. The van der Waals surface area contributed by atoms with Crippen LogP contribution in [0.1, 0.15) is 38.5 Å². The highest BCUT2D eigenvalue weighted by molar-refractivity contribution is 9.10. The van der Waals surface area contributed by atoms with Gasteiger partial charge >= 0.3 is 0 Å². The Labute approximate surface area is 126 Å². The molecule has 2 N–H and O–H groups in total. The second-order valence-electron chi connectivity index (χ2n) is 5.77. The maximum absolute atomic E-state index is 6.46. The monoisotopic (exact) mass is 335 g/mol. The van der Waals surface area contributed by atoms with Crippen LogP contribution < -0.4 is 5.73 Å². The predicted octanol–water partition coefficient (Wildman–Crippen LogP) is 3.86. The molecule has 1 aromatic heterocycles. The summed E-state index contributed by atoms with van der Waals surface area (Å²) >= 11 is 3.45. The van der Waals surface area contributed by atoms with E-state index in [1.54, 1.807) is 0 Å². The van der Waals surface area contributed by atoms with Crippen LogP contribution in [0, 0.1) is 5.92 Å². The Hall–Kier alpha value is -1.20. The average molecular weight is 336 g/mol. The molecule has 1 aliphatic carbocycles. The van der Waals surface area contributed by atoms with Gasteiger partial charge in [-0.05, 0) is 43.7 Å². The third-order valence-corrected chi connectivity index (χ3v) is 4.59. The molecule has 1 fully saturated rings. The van der Waals surface area contributed by atoms with Crippen molar-refractivity contribution in [1.82, 2.24) is 10.1 Å². The zero-order valence-corrected chi connectivity index (χ0v) is 13.1. The van der Waals surface area contributed by atoms with Crippen molar-refractivity contribution in [1.29, 1.82) is 0 Å². The van der Waals surface area contributed by atoms with E-state index < -0.39 is 5.54 Å². The number of benzene rings is 1. The third-order valence-electron chi connectivity index (χ3n) is 4.10. The first-order valence-electron chi connectivity index (χ1n) is 6.96. The number of rotatable bonds is 2. The van der Waals surface area contributed by atoms with Crippen LogP contribution in [-0.4, -0.2) is 10.1 Å². The summed E-state index contributed by atoms with van der Waals surface area (Å²) in [7, 11) is 0. The molecule has 106 valence electrons. The minimum absolute atomic E-state index is 0.455. The molecule has 3 rings (SSSR count). The van der Waals surface area contributed by atoms with Gasteiger partial charge in [-0.2, -0.15) is 4.98 Å². The zero-order chi connectivity index (χ0) is 14.2. The molecule has 4 nitrogen and oxygen atoms in total. The van der Waals surface area contributed by atoms with E-state index in [1.165, 1.54) is 0 Å². The molecule has 0 unspecified atom stereocenters. The lowest BCUT2D eigenvalue weighted by atomic mass is 9.78. The van der Waals surface area contributed by atoms with Gasteiger partial charge in [0.25, 0.3) is 0 Å². The summed E-state index contributed by atoms with van der Waals surface area (Å²) in [5.74, 6) is 1.91. The van der Waals surface area contributed by atoms with Crippen molar-refractivity contribution in [2.75, 3.05) is 0 Å². The molecule has 1 aromatic carbocycles. The Morgan fingerprint density at radius 1 is 1.35 bits per heavy atom. The van der Waals surface area contributed by atoms with Gasteiger partial charge in [0, 0.05) is 10.0 Å². The van der Waals surface area contributed by atoms with Gasteiger partial charge in [-0.25, -0.2) is 0 Å². The van der Waals surface area contributed by atoms with E-state index in [-0.39, 0.29) is 0 Å². The van der Waals surface area contributed by atoms with Gasteiger partial charge in [0.05, 0.1) is 5.54 Å². The van der Waals surface area contributed by atoms with Crippen molar-refractivity contribution in [3.63, 3.8) is 0 Å². The number of nitrogens with two attached hydrogens (primary N) is 1. The standard InChI is InChI=1S/C15H18BrN3O/c1-10-5-7-15(17,8-6-10)14-18-13(19-20-14)11-3-2-4-12(16)9-11/h2-4,9-10H,5-8,17H2,1H3. The Balaban J connectivity index is 1.87. The molecular weight excluding hydrogens is 318 g/mol. The summed E-state index contributed by atoms with van der Waals surface area (Å²) in [6.45, 7) is 2.26. The summed E-state index contributed by atoms with van der Waals surface area (Å²) < 4.78 is 6.43. The van der Waals surface area contributed by atoms with Crippen molar-refractivity contribution in [3.05, 3.63) is 34.6 Å². The molecule has 1 aliphatic rings. The first kappa shape index (κ1) is 13.8. The van der Waals surface area contributed by atoms with Crippen molar-refractivity contribution in [2.45, 2.75) is 38.1 Å². The van der Waals surface area contributed by atoms with Gasteiger partial charge in [0.15, 0.2) is 0 Å². The Bertz CT molecular complexity index is 603. The molecular formula is C15H18BrN3O. The van der Waals surface area contributed by atoms with Crippen LogP contribution in [0.5, 0.6) is 0 Å². The first-order valence-corrected chi connectivity index (χ1v) is 7.75. The van der Waals surface area contributed by atoms with Gasteiger partial charge < -0.3 is 10.3 Å². The van der Waals surface area contributed by atoms with Crippen LogP contribution in [0.2, 0.25) is 0 Å². The lowest BCUT2D eigenvalue weighted by molar-refractivity contribution is 0.190. The molecule has 0 spiro atoms. The topological polar surface area (TPSA) is 64.9 Å². The van der Waals surface area contributed by atoms with Crippen LogP contribution in [0.25, 0.3) is 11.4 Å². The Kier molecular flexibility index (Phi) is 3.65. The quantitative estimate of drug-likeness (QED) is 0.904. The maximum atomic E-state index is 6.46. The van der Waals surface area contributed by atoms with Gasteiger partial charge in [0.1, 0.15) is 0 Å². The Morgan fingerprint density at radius 2 is 2.10 bits per heavy atom. The summed E-state index contributed by atoms with van der Waals surface area (Å²) in [5.41, 5.74) is 6.94. The molecule has 0 atom stereocenters. The number of aromatic nitrogens is 2. The van der Waals surface area contributed by atoms with Crippen LogP contribution in [0.3, 0.4) is 0 Å². The molecule has 0 radical (unpaired) electrons. The van der Waals surface area contributed by atoms with Crippen LogP contribution >= 0.6 is 15.9 Å². The molecule has 0 bridgehead atoms. The maximum Gasteiger partial charge on any atom is 0.247 e. The molecule has 0 saturated heterocycles. The van der Waals surface area contributed by atoms with Crippen LogP contribution in [0.15, 0.2) is 33.3 Å². The van der Waals surface area contributed by atoms with E-state index in [2.05, 4.69) is 33.0 Å². The van der Waals surface area contributed by atoms with Gasteiger partial charge in [-0.15, -0.1) is 0 Å².